The molecule has 0 saturated carbocycles. The summed E-state index contributed by atoms with van der Waals surface area (Å²) in [5, 5.41) is 10.4. The number of allylic oxidation sites excluding steroid dienone is 2. The van der Waals surface area contributed by atoms with Crippen LogP contribution in [0.25, 0.3) is 22.3 Å². The van der Waals surface area contributed by atoms with Crippen LogP contribution in [0.2, 0.25) is 0 Å². The largest absolute Gasteiger partial charge is 0.507 e. The van der Waals surface area contributed by atoms with Gasteiger partial charge >= 0.3 is 11.9 Å². The summed E-state index contributed by atoms with van der Waals surface area (Å²) >= 11 is 0. The molecule has 1 heterocycles. The number of ether oxygens (including phenoxy) is 3. The zero-order chi connectivity index (χ0) is 24.3. The highest BCUT2D eigenvalue weighted by atomic mass is 16.5. The third kappa shape index (κ3) is 5.06. The molecule has 0 bridgehead atoms. The van der Waals surface area contributed by atoms with Gasteiger partial charge in [0, 0.05) is 31.0 Å². The van der Waals surface area contributed by atoms with Crippen LogP contribution in [0.3, 0.4) is 0 Å². The Kier molecular flexibility index (Phi) is 6.86. The van der Waals surface area contributed by atoms with Crippen LogP contribution in [-0.4, -0.2) is 24.2 Å². The molecule has 1 aromatic heterocycles. The van der Waals surface area contributed by atoms with Crippen LogP contribution in [-0.2, 0) is 16.0 Å². The van der Waals surface area contributed by atoms with Gasteiger partial charge < -0.3 is 23.7 Å². The van der Waals surface area contributed by atoms with Crippen molar-refractivity contribution in [3.05, 3.63) is 57.8 Å². The topological polar surface area (TPSA) is 112 Å². The van der Waals surface area contributed by atoms with E-state index in [1.807, 2.05) is 19.9 Å². The molecule has 0 aliphatic rings. The van der Waals surface area contributed by atoms with Crippen LogP contribution < -0.4 is 19.6 Å². The molecule has 0 spiro atoms. The van der Waals surface area contributed by atoms with Crippen molar-refractivity contribution in [1.29, 1.82) is 0 Å². The van der Waals surface area contributed by atoms with E-state index < -0.39 is 23.1 Å². The van der Waals surface area contributed by atoms with Crippen LogP contribution in [0.5, 0.6) is 23.0 Å². The lowest BCUT2D eigenvalue weighted by Crippen LogP contribution is -2.14. The van der Waals surface area contributed by atoms with E-state index in [2.05, 4.69) is 0 Å². The molecule has 0 amide bonds. The molecule has 0 unspecified atom stereocenters. The third-order valence-corrected chi connectivity index (χ3v) is 4.73. The summed E-state index contributed by atoms with van der Waals surface area (Å²) in [7, 11) is 1.52. The minimum atomic E-state index is -0.734. The normalized spacial score (nSPS) is 10.6. The Morgan fingerprint density at radius 3 is 2.21 bits per heavy atom. The van der Waals surface area contributed by atoms with Crippen LogP contribution in [0.15, 0.2) is 51.2 Å². The van der Waals surface area contributed by atoms with E-state index in [-0.39, 0.29) is 34.6 Å². The van der Waals surface area contributed by atoms with Gasteiger partial charge in [0.15, 0.2) is 5.76 Å². The minimum Gasteiger partial charge on any atom is -0.507 e. The van der Waals surface area contributed by atoms with Crippen molar-refractivity contribution >= 4 is 22.9 Å². The number of hydrogen-bond donors (Lipinski definition) is 1. The number of esters is 2. The number of benzene rings is 2. The first-order valence-corrected chi connectivity index (χ1v) is 10.1. The van der Waals surface area contributed by atoms with Crippen LogP contribution in [0, 0.1) is 0 Å². The van der Waals surface area contributed by atoms with Crippen molar-refractivity contribution in [3.63, 3.8) is 0 Å². The second-order valence-corrected chi connectivity index (χ2v) is 7.57. The molecule has 8 heteroatoms. The molecular weight excluding hydrogens is 428 g/mol. The summed E-state index contributed by atoms with van der Waals surface area (Å²) in [6.07, 6.45) is 2.13. The minimum absolute atomic E-state index is 0.0109. The number of carbonyl (C=O) groups is 2. The van der Waals surface area contributed by atoms with E-state index in [1.165, 1.54) is 20.1 Å². The van der Waals surface area contributed by atoms with Crippen molar-refractivity contribution in [2.24, 2.45) is 0 Å². The van der Waals surface area contributed by atoms with E-state index in [0.29, 0.717) is 16.9 Å². The highest BCUT2D eigenvalue weighted by Crippen LogP contribution is 2.40. The fourth-order valence-corrected chi connectivity index (χ4v) is 3.27. The van der Waals surface area contributed by atoms with Gasteiger partial charge in [0.25, 0.3) is 0 Å². The monoisotopic (exact) mass is 452 g/mol. The van der Waals surface area contributed by atoms with Crippen LogP contribution >= 0.6 is 0 Å². The average Bonchev–Trinajstić information content (AvgIpc) is 2.74. The number of methoxy groups -OCH3 is 1. The molecule has 33 heavy (non-hydrogen) atoms. The van der Waals surface area contributed by atoms with Gasteiger partial charge in [0.1, 0.15) is 28.2 Å². The van der Waals surface area contributed by atoms with E-state index in [1.54, 1.807) is 24.3 Å². The molecule has 0 fully saturated rings. The smallest absolute Gasteiger partial charge is 0.308 e. The van der Waals surface area contributed by atoms with Crippen LogP contribution in [0.1, 0.15) is 33.3 Å². The Labute approximate surface area is 190 Å². The third-order valence-electron chi connectivity index (χ3n) is 4.73. The summed E-state index contributed by atoms with van der Waals surface area (Å²) in [5.74, 6) is -1.51. The lowest BCUT2D eigenvalue weighted by molar-refractivity contribution is -0.132. The fraction of sp³-hybridized carbons (Fsp3) is 0.240. The van der Waals surface area contributed by atoms with Gasteiger partial charge in [0.2, 0.25) is 11.2 Å². The molecule has 3 rings (SSSR count). The second kappa shape index (κ2) is 9.60. The number of carbonyl (C=O) groups excluding carboxylic acids is 2. The summed E-state index contributed by atoms with van der Waals surface area (Å²) < 4.78 is 21.8. The summed E-state index contributed by atoms with van der Waals surface area (Å²) in [6.45, 7) is 6.18. The van der Waals surface area contributed by atoms with E-state index in [9.17, 15) is 19.5 Å². The summed E-state index contributed by atoms with van der Waals surface area (Å²) in [6, 6.07) is 7.78. The summed E-state index contributed by atoms with van der Waals surface area (Å²) in [5.41, 5.74) is 1.11. The molecule has 172 valence electrons. The van der Waals surface area contributed by atoms with Gasteiger partial charge in [-0.3, -0.25) is 14.4 Å². The zero-order valence-corrected chi connectivity index (χ0v) is 19.0. The molecule has 8 nitrogen and oxygen atoms in total. The predicted molar refractivity (Wildman–Crippen MR) is 122 cm³/mol. The van der Waals surface area contributed by atoms with Crippen molar-refractivity contribution in [3.8, 4) is 34.3 Å². The number of aromatic hydroxyl groups is 1. The Bertz CT molecular complexity index is 1310. The SMILES string of the molecule is COc1ccc(-c2oc3c(CC=C(C)C)c(OC(C)=O)cc(O)c3c(=O)c2OC(C)=O)cc1. The number of fused-ring (bicyclic) bond motifs is 1. The summed E-state index contributed by atoms with van der Waals surface area (Å²) in [4.78, 5) is 36.8. The lowest BCUT2D eigenvalue weighted by Gasteiger charge is -2.15. The second-order valence-electron chi connectivity index (χ2n) is 7.57. The van der Waals surface area contributed by atoms with Gasteiger partial charge in [0.05, 0.1) is 7.11 Å². The molecule has 1 N–H and O–H groups in total. The van der Waals surface area contributed by atoms with Gasteiger partial charge in [-0.1, -0.05) is 11.6 Å². The molecule has 0 atom stereocenters. The maximum Gasteiger partial charge on any atom is 0.308 e. The van der Waals surface area contributed by atoms with Crippen molar-refractivity contribution in [2.45, 2.75) is 34.1 Å². The van der Waals surface area contributed by atoms with Gasteiger partial charge in [-0.05, 0) is 44.5 Å². The van der Waals surface area contributed by atoms with Gasteiger partial charge in [-0.15, -0.1) is 0 Å². The van der Waals surface area contributed by atoms with Crippen molar-refractivity contribution < 1.29 is 33.3 Å². The number of phenols is 1. The first-order chi connectivity index (χ1) is 15.6. The maximum atomic E-state index is 13.4. The van der Waals surface area contributed by atoms with E-state index in [0.717, 1.165) is 12.5 Å². The quantitative estimate of drug-likeness (QED) is 0.330. The predicted octanol–water partition coefficient (Wildman–Crippen LogP) is 4.53. The van der Waals surface area contributed by atoms with Crippen LogP contribution in [0.4, 0.5) is 0 Å². The number of phenolic OH excluding ortho intramolecular Hbond substituents is 1. The Hall–Kier alpha value is -4.07. The maximum absolute atomic E-state index is 13.4. The molecule has 0 aliphatic carbocycles. The van der Waals surface area contributed by atoms with Gasteiger partial charge in [-0.2, -0.15) is 0 Å². The van der Waals surface area contributed by atoms with E-state index >= 15 is 0 Å². The molecule has 2 aromatic carbocycles. The molecule has 0 saturated heterocycles. The highest BCUT2D eigenvalue weighted by molar-refractivity contribution is 5.92. The first kappa shape index (κ1) is 23.6. The standard InChI is InChI=1S/C25H24O8/c1-13(2)6-11-18-20(31-14(3)26)12-19(28)21-22(29)25(32-15(4)27)23(33-24(18)21)16-7-9-17(30-5)10-8-16/h6-10,12,28H,11H2,1-5H3. The fourth-order valence-electron chi connectivity index (χ4n) is 3.27. The van der Waals surface area contributed by atoms with Crippen molar-refractivity contribution in [1.82, 2.24) is 0 Å². The Morgan fingerprint density at radius 1 is 1.03 bits per heavy atom. The zero-order valence-electron chi connectivity index (χ0n) is 19.0. The molecule has 3 aromatic rings. The molecule has 0 radical (unpaired) electrons. The highest BCUT2D eigenvalue weighted by Gasteiger charge is 2.25. The van der Waals surface area contributed by atoms with E-state index in [4.69, 9.17) is 18.6 Å². The van der Waals surface area contributed by atoms with Gasteiger partial charge in [-0.25, -0.2) is 0 Å². The Morgan fingerprint density at radius 2 is 1.67 bits per heavy atom. The average molecular weight is 452 g/mol. The lowest BCUT2D eigenvalue weighted by atomic mass is 10.0. The number of rotatable bonds is 6. The number of hydrogen-bond acceptors (Lipinski definition) is 8. The van der Waals surface area contributed by atoms with Crippen molar-refractivity contribution in [2.75, 3.05) is 7.11 Å². The Balaban J connectivity index is 2.44. The molecular formula is C25H24O8. The first-order valence-electron chi connectivity index (χ1n) is 10.1. The molecule has 0 aliphatic heterocycles.